The third kappa shape index (κ3) is 4.39. The van der Waals surface area contributed by atoms with Gasteiger partial charge >= 0.3 is 0 Å². The highest BCUT2D eigenvalue weighted by molar-refractivity contribution is 5.77. The summed E-state index contributed by atoms with van der Waals surface area (Å²) < 4.78 is 15.6. The van der Waals surface area contributed by atoms with E-state index < -0.39 is 6.10 Å². The van der Waals surface area contributed by atoms with Crippen molar-refractivity contribution in [3.63, 3.8) is 0 Å². The lowest BCUT2D eigenvalue weighted by Gasteiger charge is -2.27. The molecule has 0 aliphatic carbocycles. The van der Waals surface area contributed by atoms with Crippen molar-refractivity contribution in [1.82, 2.24) is 10.6 Å². The molecule has 7 heteroatoms. The third-order valence-electron chi connectivity index (χ3n) is 3.73. The topological polar surface area (TPSA) is 89.1 Å². The van der Waals surface area contributed by atoms with Gasteiger partial charge in [0.15, 0.2) is 0 Å². The van der Waals surface area contributed by atoms with Crippen LogP contribution in [-0.2, 0) is 19.0 Å². The van der Waals surface area contributed by atoms with Crippen LogP contribution in [0.15, 0.2) is 0 Å². The molecular weight excluding hydrogens is 264 g/mol. The van der Waals surface area contributed by atoms with Crippen LogP contribution in [-0.4, -0.2) is 75.4 Å². The van der Waals surface area contributed by atoms with Crippen LogP contribution in [0.2, 0.25) is 0 Å². The zero-order valence-corrected chi connectivity index (χ0v) is 11.8. The fraction of sp³-hybridized carbons (Fsp3) is 0.923. The Bertz CT molecular complexity index is 309. The minimum atomic E-state index is -0.610. The maximum atomic E-state index is 11.3. The lowest BCUT2D eigenvalue weighted by molar-refractivity contribution is -0.125. The molecule has 1 amide bonds. The van der Waals surface area contributed by atoms with E-state index in [1.54, 1.807) is 0 Å². The van der Waals surface area contributed by atoms with Gasteiger partial charge in [-0.05, 0) is 12.8 Å². The summed E-state index contributed by atoms with van der Waals surface area (Å²) in [7, 11) is 1.47. The molecule has 3 N–H and O–H groups in total. The van der Waals surface area contributed by atoms with Crippen molar-refractivity contribution in [2.24, 2.45) is 0 Å². The van der Waals surface area contributed by atoms with Gasteiger partial charge in [-0.25, -0.2) is 0 Å². The molecule has 0 aromatic carbocycles. The van der Waals surface area contributed by atoms with Gasteiger partial charge in [0.05, 0.1) is 18.8 Å². The van der Waals surface area contributed by atoms with Crippen LogP contribution in [0.3, 0.4) is 0 Å². The lowest BCUT2D eigenvalue weighted by Crippen LogP contribution is -2.49. The number of carbonyl (C=O) groups is 1. The van der Waals surface area contributed by atoms with Crippen molar-refractivity contribution in [2.45, 2.75) is 37.1 Å². The Kier molecular flexibility index (Phi) is 6.18. The molecule has 0 radical (unpaired) electrons. The van der Waals surface area contributed by atoms with E-state index in [1.165, 1.54) is 7.11 Å². The standard InChI is InChI=1S/C13H24N2O5/c1-18-8-12(16)14-6-11-13(17)10(7-20-11)15-9-2-4-19-5-3-9/h9-11,13,15,17H,2-8H2,1H3,(H,14,16)/t10-,11-,13+/m1/s1. The zero-order chi connectivity index (χ0) is 14.4. The first-order chi connectivity index (χ1) is 9.70. The number of methoxy groups -OCH3 is 1. The molecule has 0 spiro atoms. The van der Waals surface area contributed by atoms with Crippen LogP contribution in [0, 0.1) is 0 Å². The highest BCUT2D eigenvalue weighted by Gasteiger charge is 2.37. The largest absolute Gasteiger partial charge is 0.389 e. The number of hydrogen-bond acceptors (Lipinski definition) is 6. The van der Waals surface area contributed by atoms with Gasteiger partial charge in [-0.3, -0.25) is 4.79 Å². The van der Waals surface area contributed by atoms with E-state index in [2.05, 4.69) is 10.6 Å². The van der Waals surface area contributed by atoms with Crippen molar-refractivity contribution < 1.29 is 24.1 Å². The number of hydrogen-bond donors (Lipinski definition) is 3. The average molecular weight is 288 g/mol. The predicted octanol–water partition coefficient (Wildman–Crippen LogP) is -1.35. The van der Waals surface area contributed by atoms with Crippen molar-refractivity contribution in [3.05, 3.63) is 0 Å². The molecule has 7 nitrogen and oxygen atoms in total. The van der Waals surface area contributed by atoms with E-state index in [0.717, 1.165) is 26.1 Å². The molecule has 2 saturated heterocycles. The van der Waals surface area contributed by atoms with Crippen LogP contribution in [0.5, 0.6) is 0 Å². The number of amides is 1. The van der Waals surface area contributed by atoms with Gasteiger partial charge in [-0.2, -0.15) is 0 Å². The molecule has 2 aliphatic rings. The van der Waals surface area contributed by atoms with Crippen molar-refractivity contribution in [1.29, 1.82) is 0 Å². The Morgan fingerprint density at radius 3 is 2.85 bits per heavy atom. The Balaban J connectivity index is 1.71. The van der Waals surface area contributed by atoms with E-state index in [0.29, 0.717) is 19.2 Å². The monoisotopic (exact) mass is 288 g/mol. The van der Waals surface area contributed by atoms with Crippen molar-refractivity contribution in [3.8, 4) is 0 Å². The van der Waals surface area contributed by atoms with Crippen molar-refractivity contribution >= 4 is 5.91 Å². The SMILES string of the molecule is COCC(=O)NC[C@H]1OC[C@@H](NC2CCOCC2)[C@@H]1O. The first-order valence-corrected chi connectivity index (χ1v) is 7.10. The molecule has 0 saturated carbocycles. The summed E-state index contributed by atoms with van der Waals surface area (Å²) in [6, 6.07) is 0.288. The summed E-state index contributed by atoms with van der Waals surface area (Å²) in [6.07, 6.45) is 0.936. The highest BCUT2D eigenvalue weighted by Crippen LogP contribution is 2.16. The van der Waals surface area contributed by atoms with Gasteiger partial charge in [-0.1, -0.05) is 0 Å². The van der Waals surface area contributed by atoms with E-state index in [1.807, 2.05) is 0 Å². The molecule has 2 heterocycles. The molecule has 2 aliphatic heterocycles. The Hall–Kier alpha value is -0.730. The third-order valence-corrected chi connectivity index (χ3v) is 3.73. The summed E-state index contributed by atoms with van der Waals surface area (Å²) in [5.74, 6) is -0.205. The Labute approximate surface area is 119 Å². The van der Waals surface area contributed by atoms with Crippen LogP contribution in [0.4, 0.5) is 0 Å². The molecule has 0 aromatic rings. The van der Waals surface area contributed by atoms with Crippen LogP contribution in [0.25, 0.3) is 0 Å². The quantitative estimate of drug-likeness (QED) is 0.560. The predicted molar refractivity (Wildman–Crippen MR) is 71.4 cm³/mol. The number of carbonyl (C=O) groups excluding carboxylic acids is 1. The number of aliphatic hydroxyl groups is 1. The number of ether oxygens (including phenoxy) is 3. The van der Waals surface area contributed by atoms with Crippen LogP contribution in [0.1, 0.15) is 12.8 Å². The minimum Gasteiger partial charge on any atom is -0.389 e. The number of nitrogens with one attached hydrogen (secondary N) is 2. The number of rotatable bonds is 6. The van der Waals surface area contributed by atoms with Gasteiger partial charge < -0.3 is 30.0 Å². The summed E-state index contributed by atoms with van der Waals surface area (Å²) in [5.41, 5.74) is 0. The van der Waals surface area contributed by atoms with E-state index in [9.17, 15) is 9.90 Å². The van der Waals surface area contributed by atoms with Gasteiger partial charge in [0.1, 0.15) is 12.7 Å². The maximum absolute atomic E-state index is 11.3. The van der Waals surface area contributed by atoms with Gasteiger partial charge in [0, 0.05) is 32.9 Å². The fourth-order valence-electron chi connectivity index (χ4n) is 2.57. The molecule has 2 rings (SSSR count). The van der Waals surface area contributed by atoms with Crippen LogP contribution >= 0.6 is 0 Å². The number of aliphatic hydroxyl groups excluding tert-OH is 1. The lowest BCUT2D eigenvalue weighted by atomic mass is 10.0. The highest BCUT2D eigenvalue weighted by atomic mass is 16.5. The summed E-state index contributed by atoms with van der Waals surface area (Å²) in [6.45, 7) is 2.31. The Morgan fingerprint density at radius 2 is 2.15 bits per heavy atom. The summed E-state index contributed by atoms with van der Waals surface area (Å²) >= 11 is 0. The molecular formula is C13H24N2O5. The van der Waals surface area contributed by atoms with Crippen molar-refractivity contribution in [2.75, 3.05) is 40.1 Å². The molecule has 0 unspecified atom stereocenters. The van der Waals surface area contributed by atoms with Crippen LogP contribution < -0.4 is 10.6 Å². The molecule has 2 fully saturated rings. The molecule has 0 bridgehead atoms. The first kappa shape index (κ1) is 15.7. The van der Waals surface area contributed by atoms with E-state index >= 15 is 0 Å². The first-order valence-electron chi connectivity index (χ1n) is 7.10. The van der Waals surface area contributed by atoms with E-state index in [4.69, 9.17) is 14.2 Å². The molecule has 3 atom stereocenters. The van der Waals surface area contributed by atoms with E-state index in [-0.39, 0.29) is 24.7 Å². The van der Waals surface area contributed by atoms with Gasteiger partial charge in [-0.15, -0.1) is 0 Å². The molecule has 116 valence electrons. The minimum absolute atomic E-state index is 0.0204. The van der Waals surface area contributed by atoms with Gasteiger partial charge in [0.2, 0.25) is 5.91 Å². The second kappa shape index (κ2) is 7.90. The molecule has 0 aromatic heterocycles. The smallest absolute Gasteiger partial charge is 0.246 e. The molecule has 20 heavy (non-hydrogen) atoms. The van der Waals surface area contributed by atoms with Gasteiger partial charge in [0.25, 0.3) is 0 Å². The average Bonchev–Trinajstić information content (AvgIpc) is 2.79. The normalized spacial score (nSPS) is 31.4. The summed E-state index contributed by atoms with van der Waals surface area (Å²) in [5, 5.41) is 16.3. The Morgan fingerprint density at radius 1 is 1.40 bits per heavy atom. The second-order valence-electron chi connectivity index (χ2n) is 5.26. The summed E-state index contributed by atoms with van der Waals surface area (Å²) in [4.78, 5) is 11.3. The maximum Gasteiger partial charge on any atom is 0.246 e. The second-order valence-corrected chi connectivity index (χ2v) is 5.26. The zero-order valence-electron chi connectivity index (χ0n) is 11.8. The fourth-order valence-corrected chi connectivity index (χ4v) is 2.57.